The van der Waals surface area contributed by atoms with E-state index in [9.17, 15) is 9.59 Å². The summed E-state index contributed by atoms with van der Waals surface area (Å²) in [5.41, 5.74) is 0.743. The highest BCUT2D eigenvalue weighted by atomic mass is 16.4. The van der Waals surface area contributed by atoms with Crippen LogP contribution in [-0.2, 0) is 15.0 Å². The summed E-state index contributed by atoms with van der Waals surface area (Å²) >= 11 is 0. The number of carboxylic acids is 1. The lowest BCUT2D eigenvalue weighted by Gasteiger charge is -2.25. The minimum absolute atomic E-state index is 0.251. The summed E-state index contributed by atoms with van der Waals surface area (Å²) in [5.74, 6) is -1.28. The molecule has 0 radical (unpaired) electrons. The molecule has 0 aliphatic heterocycles. The lowest BCUT2D eigenvalue weighted by atomic mass is 9.81. The number of hydrogen-bond acceptors (Lipinski definition) is 2. The number of nitrogens with one attached hydrogen (secondary N) is 1. The van der Waals surface area contributed by atoms with Crippen LogP contribution < -0.4 is 5.32 Å². The van der Waals surface area contributed by atoms with Crippen LogP contribution in [0.4, 0.5) is 0 Å². The van der Waals surface area contributed by atoms with Gasteiger partial charge in [-0.2, -0.15) is 0 Å². The molecule has 2 N–H and O–H groups in total. The smallest absolute Gasteiger partial charge is 0.325 e. The SMILES string of the molecule is C[C@@H](NC(=O)CC(C)(C)c1ccccc1)C(=O)O. The normalized spacial score (nSPS) is 12.8. The Kier molecular flexibility index (Phi) is 4.48. The molecule has 1 amide bonds. The third-order valence-electron chi connectivity index (χ3n) is 2.91. The highest BCUT2D eigenvalue weighted by molar-refractivity contribution is 5.83. The van der Waals surface area contributed by atoms with E-state index in [1.54, 1.807) is 0 Å². The fraction of sp³-hybridized carbons (Fsp3) is 0.429. The molecule has 4 nitrogen and oxygen atoms in total. The van der Waals surface area contributed by atoms with Gasteiger partial charge in [0.25, 0.3) is 0 Å². The van der Waals surface area contributed by atoms with Gasteiger partial charge in [0, 0.05) is 6.42 Å². The molecule has 0 unspecified atom stereocenters. The zero-order valence-electron chi connectivity index (χ0n) is 10.9. The van der Waals surface area contributed by atoms with Crippen LogP contribution in [0.2, 0.25) is 0 Å². The van der Waals surface area contributed by atoms with Gasteiger partial charge in [0.2, 0.25) is 5.91 Å². The van der Waals surface area contributed by atoms with Crippen LogP contribution in [0.15, 0.2) is 30.3 Å². The number of carbonyl (C=O) groups excluding carboxylic acids is 1. The van der Waals surface area contributed by atoms with E-state index >= 15 is 0 Å². The van der Waals surface area contributed by atoms with E-state index < -0.39 is 12.0 Å². The third-order valence-corrected chi connectivity index (χ3v) is 2.91. The predicted octanol–water partition coefficient (Wildman–Crippen LogP) is 1.94. The van der Waals surface area contributed by atoms with E-state index in [1.165, 1.54) is 6.92 Å². The van der Waals surface area contributed by atoms with Crippen molar-refractivity contribution < 1.29 is 14.7 Å². The Balaban J connectivity index is 2.66. The summed E-state index contributed by atoms with van der Waals surface area (Å²) in [6, 6.07) is 8.85. The molecule has 1 rings (SSSR count). The summed E-state index contributed by atoms with van der Waals surface area (Å²) in [4.78, 5) is 22.4. The van der Waals surface area contributed by atoms with Crippen LogP contribution in [0.25, 0.3) is 0 Å². The maximum absolute atomic E-state index is 11.8. The van der Waals surface area contributed by atoms with Crippen LogP contribution in [-0.4, -0.2) is 23.0 Å². The number of carboxylic acid groups (broad SMARTS) is 1. The van der Waals surface area contributed by atoms with Crippen molar-refractivity contribution in [3.8, 4) is 0 Å². The van der Waals surface area contributed by atoms with Crippen molar-refractivity contribution >= 4 is 11.9 Å². The van der Waals surface area contributed by atoms with Gasteiger partial charge in [-0.15, -0.1) is 0 Å². The Labute approximate surface area is 107 Å². The lowest BCUT2D eigenvalue weighted by Crippen LogP contribution is -2.40. The van der Waals surface area contributed by atoms with E-state index in [-0.39, 0.29) is 17.7 Å². The molecule has 0 aliphatic rings. The highest BCUT2D eigenvalue weighted by Gasteiger charge is 2.25. The number of rotatable bonds is 5. The molecule has 4 heteroatoms. The second kappa shape index (κ2) is 5.67. The summed E-state index contributed by atoms with van der Waals surface area (Å²) < 4.78 is 0. The monoisotopic (exact) mass is 249 g/mol. The Morgan fingerprint density at radius 2 is 1.83 bits per heavy atom. The lowest BCUT2D eigenvalue weighted by molar-refractivity contribution is -0.141. The molecule has 0 heterocycles. The van der Waals surface area contributed by atoms with Gasteiger partial charge in [-0.25, -0.2) is 0 Å². The Bertz CT molecular complexity index is 426. The summed E-state index contributed by atoms with van der Waals surface area (Å²) in [6.45, 7) is 5.39. The maximum atomic E-state index is 11.8. The molecular weight excluding hydrogens is 230 g/mol. The molecule has 0 saturated carbocycles. The van der Waals surface area contributed by atoms with E-state index in [0.717, 1.165) is 5.56 Å². The second-order valence-corrected chi connectivity index (χ2v) is 5.05. The van der Waals surface area contributed by atoms with Crippen molar-refractivity contribution in [2.75, 3.05) is 0 Å². The Morgan fingerprint density at radius 1 is 1.28 bits per heavy atom. The van der Waals surface area contributed by atoms with Crippen molar-refractivity contribution in [3.05, 3.63) is 35.9 Å². The minimum Gasteiger partial charge on any atom is -0.480 e. The summed E-state index contributed by atoms with van der Waals surface area (Å²) in [7, 11) is 0. The Morgan fingerprint density at radius 3 is 2.33 bits per heavy atom. The molecule has 0 spiro atoms. The average molecular weight is 249 g/mol. The van der Waals surface area contributed by atoms with Crippen molar-refractivity contribution in [2.45, 2.75) is 38.6 Å². The number of amides is 1. The number of benzene rings is 1. The van der Waals surface area contributed by atoms with Crippen molar-refractivity contribution in [1.29, 1.82) is 0 Å². The van der Waals surface area contributed by atoms with E-state index in [0.29, 0.717) is 0 Å². The van der Waals surface area contributed by atoms with Crippen LogP contribution in [0, 0.1) is 0 Å². The molecule has 1 aromatic carbocycles. The predicted molar refractivity (Wildman–Crippen MR) is 69.3 cm³/mol. The first-order valence-corrected chi connectivity index (χ1v) is 5.90. The van der Waals surface area contributed by atoms with Crippen LogP contribution in [0.1, 0.15) is 32.8 Å². The van der Waals surface area contributed by atoms with Gasteiger partial charge < -0.3 is 10.4 Å². The molecule has 1 atom stereocenters. The molecule has 18 heavy (non-hydrogen) atoms. The second-order valence-electron chi connectivity index (χ2n) is 5.05. The topological polar surface area (TPSA) is 66.4 Å². The van der Waals surface area contributed by atoms with Crippen molar-refractivity contribution in [2.24, 2.45) is 0 Å². The van der Waals surface area contributed by atoms with E-state index in [2.05, 4.69) is 5.32 Å². The molecule has 0 saturated heterocycles. The van der Waals surface area contributed by atoms with Gasteiger partial charge in [-0.1, -0.05) is 44.2 Å². The van der Waals surface area contributed by atoms with Crippen LogP contribution in [0.5, 0.6) is 0 Å². The quantitative estimate of drug-likeness (QED) is 0.838. The van der Waals surface area contributed by atoms with Gasteiger partial charge in [0.05, 0.1) is 0 Å². The van der Waals surface area contributed by atoms with Crippen molar-refractivity contribution in [1.82, 2.24) is 5.32 Å². The summed E-state index contributed by atoms with van der Waals surface area (Å²) in [5, 5.41) is 11.2. The van der Waals surface area contributed by atoms with Gasteiger partial charge >= 0.3 is 5.97 Å². The zero-order chi connectivity index (χ0) is 13.8. The molecule has 0 aromatic heterocycles. The molecule has 0 aliphatic carbocycles. The third kappa shape index (κ3) is 3.87. The van der Waals surface area contributed by atoms with Crippen molar-refractivity contribution in [3.63, 3.8) is 0 Å². The Hall–Kier alpha value is -1.84. The first kappa shape index (κ1) is 14.2. The minimum atomic E-state index is -1.03. The van der Waals surface area contributed by atoms with E-state index in [1.807, 2.05) is 44.2 Å². The highest BCUT2D eigenvalue weighted by Crippen LogP contribution is 2.26. The largest absolute Gasteiger partial charge is 0.480 e. The zero-order valence-corrected chi connectivity index (χ0v) is 10.9. The molecule has 1 aromatic rings. The van der Waals surface area contributed by atoms with Gasteiger partial charge in [0.1, 0.15) is 6.04 Å². The summed E-state index contributed by atoms with van der Waals surface area (Å²) in [6.07, 6.45) is 0.259. The van der Waals surface area contributed by atoms with Crippen LogP contribution in [0.3, 0.4) is 0 Å². The standard InChI is InChI=1S/C14H19NO3/c1-10(13(17)18)15-12(16)9-14(2,3)11-7-5-4-6-8-11/h4-8,10H,9H2,1-3H3,(H,15,16)(H,17,18)/t10-/m1/s1. The first-order valence-electron chi connectivity index (χ1n) is 5.90. The average Bonchev–Trinajstić information content (AvgIpc) is 2.29. The first-order chi connectivity index (χ1) is 8.33. The molecule has 98 valence electrons. The van der Waals surface area contributed by atoms with Gasteiger partial charge in [0.15, 0.2) is 0 Å². The maximum Gasteiger partial charge on any atom is 0.325 e. The molecular formula is C14H19NO3. The molecule has 0 fully saturated rings. The number of aliphatic carboxylic acids is 1. The number of hydrogen-bond donors (Lipinski definition) is 2. The van der Waals surface area contributed by atoms with Gasteiger partial charge in [-0.05, 0) is 17.9 Å². The fourth-order valence-electron chi connectivity index (χ4n) is 1.75. The van der Waals surface area contributed by atoms with E-state index in [4.69, 9.17) is 5.11 Å². The fourth-order valence-corrected chi connectivity index (χ4v) is 1.75. The van der Waals surface area contributed by atoms with Gasteiger partial charge in [-0.3, -0.25) is 9.59 Å². The number of carbonyl (C=O) groups is 2. The molecule has 0 bridgehead atoms. The van der Waals surface area contributed by atoms with Crippen LogP contribution >= 0.6 is 0 Å².